The Balaban J connectivity index is 1.33. The van der Waals surface area contributed by atoms with Crippen molar-refractivity contribution in [2.45, 2.75) is 25.4 Å². The van der Waals surface area contributed by atoms with Crippen LogP contribution < -0.4 is 10.6 Å². The Labute approximate surface area is 177 Å². The summed E-state index contributed by atoms with van der Waals surface area (Å²) in [7, 11) is 1.82. The third kappa shape index (κ3) is 5.04. The predicted octanol–water partition coefficient (Wildman–Crippen LogP) is 2.77. The fourth-order valence-corrected chi connectivity index (χ4v) is 3.89. The highest BCUT2D eigenvalue weighted by atomic mass is 15.3. The van der Waals surface area contributed by atoms with Gasteiger partial charge < -0.3 is 10.6 Å². The predicted molar refractivity (Wildman–Crippen MR) is 120 cm³/mol. The maximum Gasteiger partial charge on any atom is 0.191 e. The van der Waals surface area contributed by atoms with E-state index in [0.717, 1.165) is 31.3 Å². The van der Waals surface area contributed by atoms with E-state index in [1.54, 1.807) is 11.0 Å². The molecule has 3 aromatic rings. The van der Waals surface area contributed by atoms with Gasteiger partial charge in [0.05, 0.1) is 11.7 Å². The summed E-state index contributed by atoms with van der Waals surface area (Å²) >= 11 is 0. The highest BCUT2D eigenvalue weighted by molar-refractivity contribution is 5.79. The quantitative estimate of drug-likeness (QED) is 0.469. The van der Waals surface area contributed by atoms with Crippen LogP contribution in [0.1, 0.15) is 30.0 Å². The van der Waals surface area contributed by atoms with Gasteiger partial charge in [-0.25, -0.2) is 9.67 Å². The molecule has 156 valence electrons. The molecule has 2 heterocycles. The van der Waals surface area contributed by atoms with Gasteiger partial charge in [-0.05, 0) is 49.2 Å². The number of nitrogens with zero attached hydrogens (tertiary/aromatic N) is 5. The molecule has 0 spiro atoms. The van der Waals surface area contributed by atoms with Crippen LogP contribution in [-0.2, 0) is 6.54 Å². The van der Waals surface area contributed by atoms with E-state index in [1.165, 1.54) is 30.3 Å². The van der Waals surface area contributed by atoms with Crippen LogP contribution in [0.5, 0.6) is 0 Å². The maximum atomic E-state index is 4.41. The van der Waals surface area contributed by atoms with Crippen LogP contribution in [0, 0.1) is 0 Å². The topological polar surface area (TPSA) is 70.4 Å². The average molecular weight is 404 g/mol. The molecule has 1 aliphatic rings. The summed E-state index contributed by atoms with van der Waals surface area (Å²) in [5.74, 6) is 0.815. The van der Waals surface area contributed by atoms with Gasteiger partial charge in [0.15, 0.2) is 5.96 Å². The van der Waals surface area contributed by atoms with E-state index in [4.69, 9.17) is 0 Å². The molecule has 0 radical (unpaired) electrons. The molecule has 1 unspecified atom stereocenters. The van der Waals surface area contributed by atoms with Crippen molar-refractivity contribution in [3.05, 3.63) is 78.4 Å². The van der Waals surface area contributed by atoms with Crippen molar-refractivity contribution < 1.29 is 0 Å². The third-order valence-electron chi connectivity index (χ3n) is 5.53. The van der Waals surface area contributed by atoms with Gasteiger partial charge in [0.2, 0.25) is 0 Å². The molecule has 2 aromatic carbocycles. The molecular formula is C23H29N7. The molecule has 0 amide bonds. The van der Waals surface area contributed by atoms with Crippen LogP contribution >= 0.6 is 0 Å². The zero-order valence-electron chi connectivity index (χ0n) is 17.4. The van der Waals surface area contributed by atoms with Gasteiger partial charge in [0.1, 0.15) is 12.7 Å². The number of hydrogen-bond donors (Lipinski definition) is 2. The highest BCUT2D eigenvalue weighted by Gasteiger charge is 2.23. The van der Waals surface area contributed by atoms with Crippen LogP contribution in [0.15, 0.2) is 72.2 Å². The van der Waals surface area contributed by atoms with Crippen molar-refractivity contribution >= 4 is 5.96 Å². The molecule has 7 nitrogen and oxygen atoms in total. The largest absolute Gasteiger partial charge is 0.354 e. The number of nitrogens with one attached hydrogen (secondary N) is 2. The first-order valence-electron chi connectivity index (χ1n) is 10.5. The molecule has 1 atom stereocenters. The zero-order chi connectivity index (χ0) is 20.6. The summed E-state index contributed by atoms with van der Waals surface area (Å²) in [6.07, 6.45) is 5.79. The Morgan fingerprint density at radius 2 is 1.80 bits per heavy atom. The maximum absolute atomic E-state index is 4.41. The molecule has 2 N–H and O–H groups in total. The minimum atomic E-state index is 0.356. The van der Waals surface area contributed by atoms with E-state index in [9.17, 15) is 0 Å². The van der Waals surface area contributed by atoms with Crippen LogP contribution in [0.4, 0.5) is 0 Å². The van der Waals surface area contributed by atoms with E-state index in [2.05, 4.69) is 73.1 Å². The van der Waals surface area contributed by atoms with E-state index < -0.39 is 0 Å². The Kier molecular flexibility index (Phi) is 6.72. The molecule has 0 aliphatic carbocycles. The lowest BCUT2D eigenvalue weighted by molar-refractivity contribution is 0.245. The Morgan fingerprint density at radius 3 is 2.47 bits per heavy atom. The number of aromatic nitrogens is 3. The molecule has 1 fully saturated rings. The lowest BCUT2D eigenvalue weighted by Crippen LogP contribution is -2.42. The first-order valence-corrected chi connectivity index (χ1v) is 10.5. The second-order valence-electron chi connectivity index (χ2n) is 7.48. The Hall–Kier alpha value is -3.19. The van der Waals surface area contributed by atoms with Gasteiger partial charge in [-0.15, -0.1) is 0 Å². The summed E-state index contributed by atoms with van der Waals surface area (Å²) < 4.78 is 1.75. The van der Waals surface area contributed by atoms with Crippen molar-refractivity contribution in [2.75, 3.05) is 26.7 Å². The van der Waals surface area contributed by atoms with Gasteiger partial charge in [0, 0.05) is 20.1 Å². The summed E-state index contributed by atoms with van der Waals surface area (Å²) in [6.45, 7) is 3.85. The average Bonchev–Trinajstić information content (AvgIpc) is 3.52. The number of guanidine groups is 1. The lowest BCUT2D eigenvalue weighted by Gasteiger charge is -2.29. The molecule has 1 aromatic heterocycles. The number of aliphatic imine (C=N–C) groups is 1. The molecule has 0 bridgehead atoms. The first-order chi connectivity index (χ1) is 14.8. The fraction of sp³-hybridized carbons (Fsp3) is 0.348. The number of hydrogen-bond acceptors (Lipinski definition) is 4. The Bertz CT molecular complexity index is 914. The summed E-state index contributed by atoms with van der Waals surface area (Å²) in [5, 5.41) is 11.1. The van der Waals surface area contributed by atoms with Gasteiger partial charge in [0.25, 0.3) is 0 Å². The fourth-order valence-electron chi connectivity index (χ4n) is 3.89. The van der Waals surface area contributed by atoms with E-state index in [0.29, 0.717) is 12.6 Å². The van der Waals surface area contributed by atoms with Crippen molar-refractivity contribution in [3.63, 3.8) is 0 Å². The summed E-state index contributed by atoms with van der Waals surface area (Å²) in [4.78, 5) is 11.0. The second kappa shape index (κ2) is 10.0. The standard InChI is InChI=1S/C23H29N7/c1-24-23(26-15-19-9-11-21(12-10-19)30-18-25-17-28-30)27-16-22(29-13-5-6-14-29)20-7-3-2-4-8-20/h2-4,7-12,17-18,22H,5-6,13-16H2,1H3,(H2,24,26,27). The van der Waals surface area contributed by atoms with Gasteiger partial charge in [-0.1, -0.05) is 42.5 Å². The first kappa shape index (κ1) is 20.1. The van der Waals surface area contributed by atoms with Gasteiger partial charge in [-0.3, -0.25) is 9.89 Å². The van der Waals surface area contributed by atoms with Crippen molar-refractivity contribution in [1.29, 1.82) is 0 Å². The van der Waals surface area contributed by atoms with E-state index in [-0.39, 0.29) is 0 Å². The number of rotatable bonds is 7. The lowest BCUT2D eigenvalue weighted by atomic mass is 10.1. The van der Waals surface area contributed by atoms with Gasteiger partial charge in [-0.2, -0.15) is 5.10 Å². The van der Waals surface area contributed by atoms with Crippen LogP contribution in [0.3, 0.4) is 0 Å². The summed E-state index contributed by atoms with van der Waals surface area (Å²) in [6, 6.07) is 19.4. The molecular weight excluding hydrogens is 374 g/mol. The van der Waals surface area contributed by atoms with Crippen molar-refractivity contribution in [2.24, 2.45) is 4.99 Å². The normalized spacial score (nSPS) is 15.8. The third-order valence-corrected chi connectivity index (χ3v) is 5.53. The second-order valence-corrected chi connectivity index (χ2v) is 7.48. The highest BCUT2D eigenvalue weighted by Crippen LogP contribution is 2.24. The molecule has 7 heteroatoms. The molecule has 1 saturated heterocycles. The molecule has 4 rings (SSSR count). The smallest absolute Gasteiger partial charge is 0.191 e. The Morgan fingerprint density at radius 1 is 1.03 bits per heavy atom. The van der Waals surface area contributed by atoms with Gasteiger partial charge >= 0.3 is 0 Å². The number of benzene rings is 2. The molecule has 0 saturated carbocycles. The number of likely N-dealkylation sites (tertiary alicyclic amines) is 1. The zero-order valence-corrected chi connectivity index (χ0v) is 17.4. The monoisotopic (exact) mass is 403 g/mol. The minimum absolute atomic E-state index is 0.356. The van der Waals surface area contributed by atoms with Crippen molar-refractivity contribution in [1.82, 2.24) is 30.3 Å². The van der Waals surface area contributed by atoms with Crippen molar-refractivity contribution in [3.8, 4) is 5.69 Å². The van der Waals surface area contributed by atoms with E-state index in [1.807, 2.05) is 19.2 Å². The summed E-state index contributed by atoms with van der Waals surface area (Å²) in [5.41, 5.74) is 3.53. The minimum Gasteiger partial charge on any atom is -0.354 e. The molecule has 1 aliphatic heterocycles. The van der Waals surface area contributed by atoms with E-state index >= 15 is 0 Å². The SMILES string of the molecule is CN=C(NCc1ccc(-n2cncn2)cc1)NCC(c1ccccc1)N1CCCC1. The van der Waals surface area contributed by atoms with Crippen LogP contribution in [0.25, 0.3) is 5.69 Å². The molecule has 30 heavy (non-hydrogen) atoms. The van der Waals surface area contributed by atoms with Crippen LogP contribution in [-0.4, -0.2) is 52.3 Å². The van der Waals surface area contributed by atoms with Crippen LogP contribution in [0.2, 0.25) is 0 Å².